The smallest absolute Gasteiger partial charge is 0.248 e. The third-order valence-electron chi connectivity index (χ3n) is 5.38. The monoisotopic (exact) mass is 420 g/mol. The average Bonchev–Trinajstić information content (AvgIpc) is 2.75. The van der Waals surface area contributed by atoms with E-state index in [1.54, 1.807) is 29.3 Å². The minimum Gasteiger partial charge on any atom is -0.506 e. The summed E-state index contributed by atoms with van der Waals surface area (Å²) in [4.78, 5) is 15.5. The van der Waals surface area contributed by atoms with E-state index in [1.165, 1.54) is 0 Å². The molecule has 0 fully saturated rings. The van der Waals surface area contributed by atoms with Crippen LogP contribution in [0.15, 0.2) is 64.4 Å². The van der Waals surface area contributed by atoms with Crippen LogP contribution in [0.5, 0.6) is 0 Å². The zero-order chi connectivity index (χ0) is 22.6. The first-order valence-electron chi connectivity index (χ1n) is 9.90. The normalized spacial score (nSPS) is 18.2. The summed E-state index contributed by atoms with van der Waals surface area (Å²) in [5, 5.41) is 23.6. The highest BCUT2D eigenvalue weighted by molar-refractivity contribution is 6.11. The summed E-state index contributed by atoms with van der Waals surface area (Å²) in [5.41, 5.74) is 8.87. The first-order chi connectivity index (χ1) is 14.8. The van der Waals surface area contributed by atoms with Gasteiger partial charge >= 0.3 is 0 Å². The molecule has 1 unspecified atom stereocenters. The first kappa shape index (κ1) is 22.0. The number of nitrogens with one attached hydrogen (secondary N) is 2. The molecule has 1 amide bonds. The molecule has 1 aliphatic rings. The molecule has 1 atom stereocenters. The fourth-order valence-electron chi connectivity index (χ4n) is 3.37. The minimum atomic E-state index is -0.624. The lowest BCUT2D eigenvalue weighted by molar-refractivity contribution is 0.100. The third-order valence-corrected chi connectivity index (χ3v) is 5.38. The second-order valence-corrected chi connectivity index (χ2v) is 7.69. The number of nitrogens with zero attached hydrogens (tertiary/aromatic N) is 3. The highest BCUT2D eigenvalue weighted by atomic mass is 16.3. The van der Waals surface area contributed by atoms with Gasteiger partial charge in [0.05, 0.1) is 16.9 Å². The SMILES string of the molecule is C=Nc1ccc(C(N)=O)cc1NCC1(C)C=C(O)C(c2ccc(CNC)cc2)=NN1C. The van der Waals surface area contributed by atoms with Crippen molar-refractivity contribution in [3.05, 3.63) is 71.0 Å². The van der Waals surface area contributed by atoms with E-state index < -0.39 is 11.4 Å². The lowest BCUT2D eigenvalue weighted by Gasteiger charge is -2.38. The molecule has 0 aliphatic carbocycles. The number of amides is 1. The zero-order valence-electron chi connectivity index (χ0n) is 18.0. The molecule has 0 saturated carbocycles. The van der Waals surface area contributed by atoms with Crippen LogP contribution in [0.25, 0.3) is 0 Å². The van der Waals surface area contributed by atoms with Gasteiger partial charge in [0.2, 0.25) is 5.91 Å². The van der Waals surface area contributed by atoms with E-state index >= 15 is 0 Å². The summed E-state index contributed by atoms with van der Waals surface area (Å²) >= 11 is 0. The van der Waals surface area contributed by atoms with Crippen molar-refractivity contribution in [2.24, 2.45) is 15.8 Å². The van der Waals surface area contributed by atoms with Gasteiger partial charge in [-0.3, -0.25) is 14.8 Å². The van der Waals surface area contributed by atoms with E-state index in [0.29, 0.717) is 29.2 Å². The molecule has 0 bridgehead atoms. The Labute approximate surface area is 182 Å². The maximum Gasteiger partial charge on any atom is 0.248 e. The molecule has 5 N–H and O–H groups in total. The number of primary amides is 1. The van der Waals surface area contributed by atoms with Crippen LogP contribution in [0.1, 0.15) is 28.4 Å². The molecule has 31 heavy (non-hydrogen) atoms. The number of hydrogen-bond acceptors (Lipinski definition) is 7. The van der Waals surface area contributed by atoms with Crippen molar-refractivity contribution >= 4 is 29.7 Å². The van der Waals surface area contributed by atoms with Crippen molar-refractivity contribution in [2.45, 2.75) is 19.0 Å². The Morgan fingerprint density at radius 2 is 2.00 bits per heavy atom. The van der Waals surface area contributed by atoms with Crippen LogP contribution in [0, 0.1) is 0 Å². The molecule has 2 aromatic carbocycles. The predicted molar refractivity (Wildman–Crippen MR) is 125 cm³/mol. The van der Waals surface area contributed by atoms with Gasteiger partial charge in [-0.05, 0) is 50.5 Å². The van der Waals surface area contributed by atoms with Gasteiger partial charge in [-0.25, -0.2) is 0 Å². The molecule has 0 aromatic heterocycles. The van der Waals surface area contributed by atoms with E-state index in [9.17, 15) is 9.90 Å². The molecule has 0 saturated heterocycles. The summed E-state index contributed by atoms with van der Waals surface area (Å²) in [6, 6.07) is 12.8. The molecular weight excluding hydrogens is 392 g/mol. The first-order valence-corrected chi connectivity index (χ1v) is 9.90. The molecule has 0 spiro atoms. The number of hydrazone groups is 1. The molecular formula is C23H28N6O2. The maximum atomic E-state index is 11.5. The fourth-order valence-corrected chi connectivity index (χ4v) is 3.37. The fraction of sp³-hybridized carbons (Fsp3) is 0.261. The number of hydrogen-bond donors (Lipinski definition) is 4. The third kappa shape index (κ3) is 4.75. The number of likely N-dealkylation sites (N-methyl/N-ethyl adjacent to an activating group) is 1. The van der Waals surface area contributed by atoms with Crippen LogP contribution in [0.2, 0.25) is 0 Å². The molecule has 3 rings (SSSR count). The molecule has 8 nitrogen and oxygen atoms in total. The number of allylic oxidation sites excluding steroid dienone is 1. The Morgan fingerprint density at radius 1 is 1.29 bits per heavy atom. The summed E-state index contributed by atoms with van der Waals surface area (Å²) in [7, 11) is 3.75. The summed E-state index contributed by atoms with van der Waals surface area (Å²) < 4.78 is 0. The van der Waals surface area contributed by atoms with E-state index in [4.69, 9.17) is 5.73 Å². The second kappa shape index (κ2) is 9.01. The number of carbonyl (C=O) groups excluding carboxylic acids is 1. The van der Waals surface area contributed by atoms with Gasteiger partial charge in [0.1, 0.15) is 11.5 Å². The number of benzene rings is 2. The van der Waals surface area contributed by atoms with E-state index in [0.717, 1.165) is 17.7 Å². The lowest BCUT2D eigenvalue weighted by Crippen LogP contribution is -2.48. The van der Waals surface area contributed by atoms with Crippen molar-refractivity contribution in [1.82, 2.24) is 10.3 Å². The number of aliphatic imine (C=N–C) groups is 1. The molecule has 0 radical (unpaired) electrons. The highest BCUT2D eigenvalue weighted by Gasteiger charge is 2.33. The maximum absolute atomic E-state index is 11.5. The Morgan fingerprint density at radius 3 is 2.61 bits per heavy atom. The van der Waals surface area contributed by atoms with Gasteiger partial charge in [-0.15, -0.1) is 0 Å². The number of carbonyl (C=O) groups is 1. The predicted octanol–water partition coefficient (Wildman–Crippen LogP) is 2.80. The number of rotatable bonds is 8. The van der Waals surface area contributed by atoms with Gasteiger partial charge in [-0.2, -0.15) is 5.10 Å². The van der Waals surface area contributed by atoms with Crippen molar-refractivity contribution < 1.29 is 9.90 Å². The topological polar surface area (TPSA) is 115 Å². The van der Waals surface area contributed by atoms with Crippen LogP contribution in [-0.4, -0.2) is 54.6 Å². The van der Waals surface area contributed by atoms with Crippen molar-refractivity contribution in [1.29, 1.82) is 0 Å². The van der Waals surface area contributed by atoms with Gasteiger partial charge in [0.25, 0.3) is 0 Å². The van der Waals surface area contributed by atoms with Gasteiger partial charge in [0, 0.05) is 31.3 Å². The summed E-state index contributed by atoms with van der Waals surface area (Å²) in [5.74, 6) is -0.413. The largest absolute Gasteiger partial charge is 0.506 e. The lowest BCUT2D eigenvalue weighted by atomic mass is 9.95. The Kier molecular flexibility index (Phi) is 6.41. The van der Waals surface area contributed by atoms with Crippen molar-refractivity contribution in [3.8, 4) is 0 Å². The Balaban J connectivity index is 1.81. The molecule has 2 aromatic rings. The standard InChI is InChI=1S/C23H28N6O2/c1-23(14-27-19-11-17(22(24)31)9-10-18(19)26-3)12-20(30)21(28-29(23)4)16-7-5-15(6-8-16)13-25-2/h5-12,25,27,30H,3,13-14H2,1-2,4H3,(H2,24,31). The second-order valence-electron chi connectivity index (χ2n) is 7.69. The zero-order valence-corrected chi connectivity index (χ0v) is 18.0. The quantitative estimate of drug-likeness (QED) is 0.490. The number of aliphatic hydroxyl groups excluding tert-OH is 1. The van der Waals surface area contributed by atoms with Crippen molar-refractivity contribution in [2.75, 3.05) is 26.0 Å². The number of nitrogens with two attached hydrogens (primary N) is 1. The highest BCUT2D eigenvalue weighted by Crippen LogP contribution is 2.29. The summed E-state index contributed by atoms with van der Waals surface area (Å²) in [6.07, 6.45) is 1.77. The number of anilines is 1. The van der Waals surface area contributed by atoms with Crippen LogP contribution >= 0.6 is 0 Å². The van der Waals surface area contributed by atoms with Crippen LogP contribution in [-0.2, 0) is 6.54 Å². The van der Waals surface area contributed by atoms with E-state index in [2.05, 4.69) is 27.4 Å². The van der Waals surface area contributed by atoms with Gasteiger partial charge in [0.15, 0.2) is 0 Å². The van der Waals surface area contributed by atoms with Crippen LogP contribution < -0.4 is 16.4 Å². The van der Waals surface area contributed by atoms with E-state index in [-0.39, 0.29) is 5.76 Å². The van der Waals surface area contributed by atoms with Crippen LogP contribution in [0.3, 0.4) is 0 Å². The Hall–Kier alpha value is -3.65. The molecule has 1 aliphatic heterocycles. The van der Waals surface area contributed by atoms with E-state index in [1.807, 2.05) is 45.3 Å². The molecule has 8 heteroatoms. The molecule has 162 valence electrons. The summed E-state index contributed by atoms with van der Waals surface area (Å²) in [6.45, 7) is 6.70. The molecule has 1 heterocycles. The van der Waals surface area contributed by atoms with Crippen molar-refractivity contribution in [3.63, 3.8) is 0 Å². The van der Waals surface area contributed by atoms with Gasteiger partial charge in [-0.1, -0.05) is 24.3 Å². The minimum absolute atomic E-state index is 0.108. The average molecular weight is 421 g/mol. The van der Waals surface area contributed by atoms with Gasteiger partial charge < -0.3 is 21.5 Å². The Bertz CT molecular complexity index is 1040. The number of aliphatic hydroxyl groups is 1. The van der Waals surface area contributed by atoms with Crippen LogP contribution in [0.4, 0.5) is 11.4 Å².